The van der Waals surface area contributed by atoms with E-state index in [9.17, 15) is 13.2 Å². The highest BCUT2D eigenvalue weighted by Crippen LogP contribution is 2.22. The van der Waals surface area contributed by atoms with Crippen LogP contribution in [-0.2, 0) is 21.4 Å². The van der Waals surface area contributed by atoms with Crippen molar-refractivity contribution in [1.29, 1.82) is 0 Å². The standard InChI is InChI=1S/C19H22ClN3O3S2/c20-16-6-4-15(5-7-16)12-21-18(24)14-27-19-9-8-17(13-22-19)28(25,26)23-10-2-1-3-11-23/h4-9,13H,1-3,10-12,14H2,(H,21,24). The molecule has 0 unspecified atom stereocenters. The zero-order chi connectivity index (χ0) is 20.0. The van der Waals surface area contributed by atoms with Crippen LogP contribution in [-0.4, -0.2) is 42.5 Å². The second-order valence-corrected chi connectivity index (χ2v) is 9.86. The van der Waals surface area contributed by atoms with E-state index in [4.69, 9.17) is 11.6 Å². The van der Waals surface area contributed by atoms with Crippen LogP contribution in [0.1, 0.15) is 24.8 Å². The van der Waals surface area contributed by atoms with Crippen molar-refractivity contribution in [2.24, 2.45) is 0 Å². The highest BCUT2D eigenvalue weighted by Gasteiger charge is 2.26. The first-order chi connectivity index (χ1) is 13.4. The molecule has 2 heterocycles. The highest BCUT2D eigenvalue weighted by molar-refractivity contribution is 7.99. The summed E-state index contributed by atoms with van der Waals surface area (Å²) in [4.78, 5) is 16.4. The summed E-state index contributed by atoms with van der Waals surface area (Å²) in [7, 11) is -3.48. The van der Waals surface area contributed by atoms with Crippen LogP contribution in [0.3, 0.4) is 0 Å². The fraction of sp³-hybridized carbons (Fsp3) is 0.368. The second kappa shape index (κ2) is 9.73. The van der Waals surface area contributed by atoms with Crippen molar-refractivity contribution in [3.05, 3.63) is 53.2 Å². The molecule has 1 amide bonds. The maximum absolute atomic E-state index is 12.6. The summed E-state index contributed by atoms with van der Waals surface area (Å²) < 4.78 is 26.7. The summed E-state index contributed by atoms with van der Waals surface area (Å²) in [5, 5.41) is 4.10. The number of carbonyl (C=O) groups excluding carboxylic acids is 1. The number of nitrogens with zero attached hydrogens (tertiary/aromatic N) is 2. The van der Waals surface area contributed by atoms with Gasteiger partial charge in [0, 0.05) is 30.9 Å². The molecule has 1 saturated heterocycles. The number of pyridine rings is 1. The number of aromatic nitrogens is 1. The topological polar surface area (TPSA) is 79.4 Å². The molecule has 28 heavy (non-hydrogen) atoms. The van der Waals surface area contributed by atoms with Gasteiger partial charge in [0.05, 0.1) is 10.8 Å². The van der Waals surface area contributed by atoms with Crippen LogP contribution in [0.15, 0.2) is 52.5 Å². The van der Waals surface area contributed by atoms with E-state index >= 15 is 0 Å². The molecule has 9 heteroatoms. The summed E-state index contributed by atoms with van der Waals surface area (Å²) in [6.45, 7) is 1.55. The van der Waals surface area contributed by atoms with Gasteiger partial charge in [-0.05, 0) is 42.7 Å². The fourth-order valence-electron chi connectivity index (χ4n) is 2.85. The number of amides is 1. The molecular formula is C19H22ClN3O3S2. The zero-order valence-electron chi connectivity index (χ0n) is 15.3. The Kier molecular flexibility index (Phi) is 7.34. The average Bonchev–Trinajstić information content (AvgIpc) is 2.73. The Bertz CT molecular complexity index is 897. The Labute approximate surface area is 174 Å². The van der Waals surface area contributed by atoms with Crippen LogP contribution < -0.4 is 5.32 Å². The number of nitrogens with one attached hydrogen (secondary N) is 1. The van der Waals surface area contributed by atoms with Crippen molar-refractivity contribution in [1.82, 2.24) is 14.6 Å². The molecule has 1 N–H and O–H groups in total. The maximum atomic E-state index is 12.6. The van der Waals surface area contributed by atoms with E-state index in [-0.39, 0.29) is 16.6 Å². The minimum atomic E-state index is -3.48. The number of halogens is 1. The van der Waals surface area contributed by atoms with E-state index in [1.54, 1.807) is 24.3 Å². The van der Waals surface area contributed by atoms with Crippen molar-refractivity contribution >= 4 is 39.3 Å². The lowest BCUT2D eigenvalue weighted by Gasteiger charge is -2.25. The van der Waals surface area contributed by atoms with Crippen LogP contribution >= 0.6 is 23.4 Å². The van der Waals surface area contributed by atoms with Gasteiger partial charge in [0.2, 0.25) is 15.9 Å². The van der Waals surface area contributed by atoms with Gasteiger partial charge in [-0.3, -0.25) is 4.79 Å². The first-order valence-electron chi connectivity index (χ1n) is 9.05. The Hall–Kier alpha value is -1.61. The van der Waals surface area contributed by atoms with Crippen molar-refractivity contribution in [3.63, 3.8) is 0 Å². The molecule has 0 atom stereocenters. The second-order valence-electron chi connectivity index (χ2n) is 6.49. The van der Waals surface area contributed by atoms with Gasteiger partial charge in [-0.25, -0.2) is 13.4 Å². The lowest BCUT2D eigenvalue weighted by Crippen LogP contribution is -2.35. The van der Waals surface area contributed by atoms with E-state index in [1.165, 1.54) is 22.3 Å². The van der Waals surface area contributed by atoms with Crippen molar-refractivity contribution in [3.8, 4) is 0 Å². The quantitative estimate of drug-likeness (QED) is 0.669. The lowest BCUT2D eigenvalue weighted by atomic mass is 10.2. The summed E-state index contributed by atoms with van der Waals surface area (Å²) >= 11 is 7.11. The SMILES string of the molecule is O=C(CSc1ccc(S(=O)(=O)N2CCCCC2)cn1)NCc1ccc(Cl)cc1. The summed E-state index contributed by atoms with van der Waals surface area (Å²) in [5.74, 6) is 0.0884. The number of hydrogen-bond donors (Lipinski definition) is 1. The third-order valence-corrected chi connectivity index (χ3v) is 7.49. The van der Waals surface area contributed by atoms with Crippen LogP contribution in [0, 0.1) is 0 Å². The van der Waals surface area contributed by atoms with Gasteiger partial charge in [0.1, 0.15) is 4.90 Å². The van der Waals surface area contributed by atoms with Crippen LogP contribution in [0.4, 0.5) is 0 Å². The first kappa shape index (κ1) is 21.1. The number of carbonyl (C=O) groups is 1. The largest absolute Gasteiger partial charge is 0.351 e. The van der Waals surface area contributed by atoms with E-state index < -0.39 is 10.0 Å². The Morgan fingerprint density at radius 2 is 1.82 bits per heavy atom. The van der Waals surface area contributed by atoms with Gasteiger partial charge in [0.25, 0.3) is 0 Å². The van der Waals surface area contributed by atoms with E-state index in [1.807, 2.05) is 12.1 Å². The molecule has 3 rings (SSSR count). The molecule has 1 aliphatic heterocycles. The van der Waals surface area contributed by atoms with Crippen LogP contribution in [0.5, 0.6) is 0 Å². The first-order valence-corrected chi connectivity index (χ1v) is 11.9. The van der Waals surface area contributed by atoms with Crippen molar-refractivity contribution in [2.45, 2.75) is 35.7 Å². The third-order valence-electron chi connectivity index (χ3n) is 4.42. The number of rotatable bonds is 7. The van der Waals surface area contributed by atoms with Crippen LogP contribution in [0.25, 0.3) is 0 Å². The van der Waals surface area contributed by atoms with Gasteiger partial charge >= 0.3 is 0 Å². The highest BCUT2D eigenvalue weighted by atomic mass is 35.5. The number of hydrogen-bond acceptors (Lipinski definition) is 5. The zero-order valence-corrected chi connectivity index (χ0v) is 17.7. The Morgan fingerprint density at radius 1 is 1.11 bits per heavy atom. The Balaban J connectivity index is 1.49. The van der Waals surface area contributed by atoms with Gasteiger partial charge in [-0.15, -0.1) is 0 Å². The molecule has 2 aromatic rings. The fourth-order valence-corrected chi connectivity index (χ4v) is 5.11. The molecule has 1 aromatic heterocycles. The molecule has 150 valence electrons. The van der Waals surface area contributed by atoms with E-state index in [0.717, 1.165) is 24.8 Å². The molecule has 6 nitrogen and oxygen atoms in total. The van der Waals surface area contributed by atoms with Gasteiger partial charge in [0.15, 0.2) is 0 Å². The minimum absolute atomic E-state index is 0.119. The number of thioether (sulfide) groups is 1. The number of piperidine rings is 1. The summed E-state index contributed by atoms with van der Waals surface area (Å²) in [6, 6.07) is 10.5. The minimum Gasteiger partial charge on any atom is -0.351 e. The molecule has 1 fully saturated rings. The molecular weight excluding hydrogens is 418 g/mol. The molecule has 0 radical (unpaired) electrons. The third kappa shape index (κ3) is 5.70. The van der Waals surface area contributed by atoms with E-state index in [2.05, 4.69) is 10.3 Å². The van der Waals surface area contributed by atoms with Crippen molar-refractivity contribution < 1.29 is 13.2 Å². The smallest absolute Gasteiger partial charge is 0.244 e. The predicted octanol–water partition coefficient (Wildman–Crippen LogP) is 3.32. The molecule has 0 spiro atoms. The molecule has 0 aliphatic carbocycles. The molecule has 0 saturated carbocycles. The summed E-state index contributed by atoms with van der Waals surface area (Å²) in [6.07, 6.45) is 4.23. The predicted molar refractivity (Wildman–Crippen MR) is 111 cm³/mol. The average molecular weight is 440 g/mol. The number of benzene rings is 1. The molecule has 1 aliphatic rings. The van der Waals surface area contributed by atoms with Crippen molar-refractivity contribution in [2.75, 3.05) is 18.8 Å². The number of sulfonamides is 1. The summed E-state index contributed by atoms with van der Waals surface area (Å²) in [5.41, 5.74) is 0.966. The van der Waals surface area contributed by atoms with Crippen LogP contribution in [0.2, 0.25) is 5.02 Å². The normalized spacial score (nSPS) is 15.3. The van der Waals surface area contributed by atoms with E-state index in [0.29, 0.717) is 29.7 Å². The van der Waals surface area contributed by atoms with Gasteiger partial charge in [-0.2, -0.15) is 4.31 Å². The molecule has 0 bridgehead atoms. The monoisotopic (exact) mass is 439 g/mol. The molecule has 1 aromatic carbocycles. The maximum Gasteiger partial charge on any atom is 0.244 e. The van der Waals surface area contributed by atoms with Gasteiger partial charge < -0.3 is 5.32 Å². The van der Waals surface area contributed by atoms with Gasteiger partial charge in [-0.1, -0.05) is 41.9 Å². The Morgan fingerprint density at radius 3 is 2.46 bits per heavy atom. The lowest BCUT2D eigenvalue weighted by molar-refractivity contribution is -0.118.